The first-order valence-electron chi connectivity index (χ1n) is 7.03. The molecule has 8 heteroatoms. The number of nitrogens with one attached hydrogen (secondary N) is 2. The highest BCUT2D eigenvalue weighted by Gasteiger charge is 2.24. The third-order valence-corrected chi connectivity index (χ3v) is 5.18. The van der Waals surface area contributed by atoms with Gasteiger partial charge in [-0.25, -0.2) is 9.78 Å². The highest BCUT2D eigenvalue weighted by atomic mass is 32.1. The maximum absolute atomic E-state index is 12.0. The van der Waals surface area contributed by atoms with Crippen molar-refractivity contribution >= 4 is 39.7 Å². The molecule has 2 aromatic heterocycles. The molecule has 0 fully saturated rings. The number of amides is 3. The van der Waals surface area contributed by atoms with Gasteiger partial charge in [0.2, 0.25) is 0 Å². The molecule has 6 nitrogen and oxygen atoms in total. The number of fused-ring (bicyclic) bond motifs is 1. The number of rotatable bonds is 3. The van der Waals surface area contributed by atoms with Crippen molar-refractivity contribution in [1.29, 1.82) is 0 Å². The van der Waals surface area contributed by atoms with Crippen LogP contribution in [0.15, 0.2) is 17.5 Å². The van der Waals surface area contributed by atoms with Gasteiger partial charge in [-0.1, -0.05) is 17.4 Å². The highest BCUT2D eigenvalue weighted by molar-refractivity contribution is 7.16. The minimum atomic E-state index is -0.137. The van der Waals surface area contributed by atoms with E-state index in [1.807, 2.05) is 18.4 Å². The minimum absolute atomic E-state index is 0.0503. The fourth-order valence-electron chi connectivity index (χ4n) is 2.25. The Labute approximate surface area is 136 Å². The first kappa shape index (κ1) is 15.0. The van der Waals surface area contributed by atoms with Crippen LogP contribution < -0.4 is 10.6 Å². The second-order valence-electron chi connectivity index (χ2n) is 4.83. The number of urea groups is 1. The molecule has 0 radical (unpaired) electrons. The predicted molar refractivity (Wildman–Crippen MR) is 87.6 cm³/mol. The van der Waals surface area contributed by atoms with Crippen molar-refractivity contribution < 1.29 is 9.59 Å². The maximum atomic E-state index is 12.0. The number of thiophene rings is 1. The van der Waals surface area contributed by atoms with Crippen LogP contribution >= 0.6 is 22.7 Å². The van der Waals surface area contributed by atoms with E-state index in [4.69, 9.17) is 0 Å². The first-order chi connectivity index (χ1) is 10.7. The molecule has 3 heterocycles. The van der Waals surface area contributed by atoms with Crippen LogP contribution in [-0.4, -0.2) is 34.9 Å². The number of nitrogens with zero attached hydrogens (tertiary/aromatic N) is 2. The summed E-state index contributed by atoms with van der Waals surface area (Å²) >= 11 is 2.84. The zero-order chi connectivity index (χ0) is 15.5. The van der Waals surface area contributed by atoms with E-state index in [-0.39, 0.29) is 11.9 Å². The molecular formula is C14H16N4O2S2. The van der Waals surface area contributed by atoms with E-state index in [9.17, 15) is 9.59 Å². The van der Waals surface area contributed by atoms with E-state index in [1.54, 1.807) is 11.0 Å². The summed E-state index contributed by atoms with van der Waals surface area (Å²) in [6.45, 7) is 3.72. The second-order valence-corrected chi connectivity index (χ2v) is 6.86. The standard InChI is InChI=1S/C14H16N4O2S2/c1-2-15-14(20)18-6-5-9-11(8-18)22-13(16-9)17-12(19)10-4-3-7-21-10/h3-4,7H,2,5-6,8H2,1H3,(H,15,20)(H,16,17,19). The maximum Gasteiger partial charge on any atom is 0.317 e. The largest absolute Gasteiger partial charge is 0.338 e. The molecule has 0 aliphatic carbocycles. The van der Waals surface area contributed by atoms with Gasteiger partial charge in [-0.05, 0) is 18.4 Å². The van der Waals surface area contributed by atoms with Gasteiger partial charge in [-0.2, -0.15) is 0 Å². The number of anilines is 1. The highest BCUT2D eigenvalue weighted by Crippen LogP contribution is 2.28. The molecule has 0 atom stereocenters. The number of hydrogen-bond donors (Lipinski definition) is 2. The van der Waals surface area contributed by atoms with E-state index in [0.717, 1.165) is 17.0 Å². The molecule has 0 saturated carbocycles. The lowest BCUT2D eigenvalue weighted by molar-refractivity contribution is 0.103. The number of carbonyl (C=O) groups excluding carboxylic acids is 2. The lowest BCUT2D eigenvalue weighted by Gasteiger charge is -2.25. The fraction of sp³-hybridized carbons (Fsp3) is 0.357. The van der Waals surface area contributed by atoms with Crippen molar-refractivity contribution in [3.05, 3.63) is 33.0 Å². The van der Waals surface area contributed by atoms with Crippen molar-refractivity contribution in [3.8, 4) is 0 Å². The molecule has 0 bridgehead atoms. The Morgan fingerprint density at radius 3 is 3.05 bits per heavy atom. The van der Waals surface area contributed by atoms with Crippen molar-refractivity contribution in [1.82, 2.24) is 15.2 Å². The van der Waals surface area contributed by atoms with E-state index >= 15 is 0 Å². The molecule has 0 saturated heterocycles. The van der Waals surface area contributed by atoms with Gasteiger partial charge < -0.3 is 10.2 Å². The van der Waals surface area contributed by atoms with Gasteiger partial charge in [0.05, 0.1) is 17.1 Å². The molecule has 3 amide bonds. The summed E-state index contributed by atoms with van der Waals surface area (Å²) in [7, 11) is 0. The Bertz CT molecular complexity index is 681. The normalized spacial score (nSPS) is 13.6. The molecule has 2 aromatic rings. The molecular weight excluding hydrogens is 320 g/mol. The summed E-state index contributed by atoms with van der Waals surface area (Å²) in [5.41, 5.74) is 0.979. The van der Waals surface area contributed by atoms with Crippen LogP contribution in [0.25, 0.3) is 0 Å². The SMILES string of the molecule is CCNC(=O)N1CCc2nc(NC(=O)c3cccs3)sc2C1. The zero-order valence-corrected chi connectivity index (χ0v) is 13.7. The molecule has 3 rings (SSSR count). The molecule has 116 valence electrons. The number of thiazole rings is 1. The Morgan fingerprint density at radius 1 is 1.45 bits per heavy atom. The summed E-state index contributed by atoms with van der Waals surface area (Å²) < 4.78 is 0. The third kappa shape index (κ3) is 3.12. The Kier molecular flexibility index (Phi) is 4.39. The molecule has 22 heavy (non-hydrogen) atoms. The lowest BCUT2D eigenvalue weighted by atomic mass is 10.2. The van der Waals surface area contributed by atoms with Crippen LogP contribution in [0.5, 0.6) is 0 Å². The van der Waals surface area contributed by atoms with Crippen LogP contribution in [-0.2, 0) is 13.0 Å². The van der Waals surface area contributed by atoms with Crippen LogP contribution in [0.3, 0.4) is 0 Å². The Hall–Kier alpha value is -1.93. The number of hydrogen-bond acceptors (Lipinski definition) is 5. The summed E-state index contributed by atoms with van der Waals surface area (Å²) in [4.78, 5) is 31.9. The fourth-order valence-corrected chi connectivity index (χ4v) is 3.89. The zero-order valence-electron chi connectivity index (χ0n) is 12.1. The second kappa shape index (κ2) is 6.45. The van der Waals surface area contributed by atoms with Gasteiger partial charge in [0.1, 0.15) is 0 Å². The van der Waals surface area contributed by atoms with E-state index < -0.39 is 0 Å². The average Bonchev–Trinajstić information content (AvgIpc) is 3.15. The monoisotopic (exact) mass is 336 g/mol. The van der Waals surface area contributed by atoms with Gasteiger partial charge in [0, 0.05) is 24.4 Å². The van der Waals surface area contributed by atoms with Crippen molar-refractivity contribution in [2.75, 3.05) is 18.4 Å². The molecule has 0 spiro atoms. The van der Waals surface area contributed by atoms with Crippen LogP contribution in [0.4, 0.5) is 9.93 Å². The summed E-state index contributed by atoms with van der Waals surface area (Å²) in [5, 5.41) is 8.10. The van der Waals surface area contributed by atoms with Gasteiger partial charge in [-0.3, -0.25) is 10.1 Å². The van der Waals surface area contributed by atoms with Gasteiger partial charge >= 0.3 is 6.03 Å². The van der Waals surface area contributed by atoms with E-state index in [0.29, 0.717) is 29.6 Å². The molecule has 0 unspecified atom stereocenters. The Balaban J connectivity index is 1.68. The number of carbonyl (C=O) groups is 2. The van der Waals surface area contributed by atoms with Gasteiger partial charge in [-0.15, -0.1) is 11.3 Å². The quantitative estimate of drug-likeness (QED) is 0.904. The summed E-state index contributed by atoms with van der Waals surface area (Å²) in [5.74, 6) is -0.137. The summed E-state index contributed by atoms with van der Waals surface area (Å²) in [6, 6.07) is 3.58. The minimum Gasteiger partial charge on any atom is -0.338 e. The van der Waals surface area contributed by atoms with Gasteiger partial charge in [0.15, 0.2) is 5.13 Å². The number of aromatic nitrogens is 1. The van der Waals surface area contributed by atoms with Crippen molar-refractivity contribution in [2.24, 2.45) is 0 Å². The average molecular weight is 336 g/mol. The van der Waals surface area contributed by atoms with Gasteiger partial charge in [0.25, 0.3) is 5.91 Å². The third-order valence-electron chi connectivity index (χ3n) is 3.31. The van der Waals surface area contributed by atoms with Crippen molar-refractivity contribution in [3.63, 3.8) is 0 Å². The smallest absolute Gasteiger partial charge is 0.317 e. The summed E-state index contributed by atoms with van der Waals surface area (Å²) in [6.07, 6.45) is 0.720. The van der Waals surface area contributed by atoms with E-state index in [2.05, 4.69) is 15.6 Å². The predicted octanol–water partition coefficient (Wildman–Crippen LogP) is 2.54. The van der Waals surface area contributed by atoms with Crippen molar-refractivity contribution in [2.45, 2.75) is 19.9 Å². The Morgan fingerprint density at radius 2 is 2.32 bits per heavy atom. The van der Waals surface area contributed by atoms with Crippen LogP contribution in [0.2, 0.25) is 0 Å². The first-order valence-corrected chi connectivity index (χ1v) is 8.73. The topological polar surface area (TPSA) is 74.3 Å². The molecule has 0 aromatic carbocycles. The van der Waals surface area contributed by atoms with E-state index in [1.165, 1.54) is 22.7 Å². The molecule has 2 N–H and O–H groups in total. The van der Waals surface area contributed by atoms with Crippen LogP contribution in [0, 0.1) is 0 Å². The van der Waals surface area contributed by atoms with Crippen LogP contribution in [0.1, 0.15) is 27.2 Å². The molecule has 1 aliphatic heterocycles. The lowest BCUT2D eigenvalue weighted by Crippen LogP contribution is -2.42. The molecule has 1 aliphatic rings.